The van der Waals surface area contributed by atoms with Gasteiger partial charge in [0, 0.05) is 37.9 Å². The maximum atomic E-state index is 12.9. The first-order chi connectivity index (χ1) is 12.5. The minimum atomic E-state index is -3.71. The summed E-state index contributed by atoms with van der Waals surface area (Å²) in [5.74, 6) is 0.772. The first-order valence-corrected chi connectivity index (χ1v) is 10.1. The molecule has 1 unspecified atom stereocenters. The molecule has 2 aliphatic rings. The number of aromatic nitrogens is 2. The molecular weight excluding hydrogens is 356 g/mol. The van der Waals surface area contributed by atoms with Crippen molar-refractivity contribution in [3.8, 4) is 5.75 Å². The molecule has 26 heavy (non-hydrogen) atoms. The van der Waals surface area contributed by atoms with Crippen LogP contribution in [0.3, 0.4) is 0 Å². The van der Waals surface area contributed by atoms with E-state index in [1.54, 1.807) is 12.1 Å². The Morgan fingerprint density at radius 2 is 2.23 bits per heavy atom. The van der Waals surface area contributed by atoms with Crippen molar-refractivity contribution in [1.29, 1.82) is 0 Å². The van der Waals surface area contributed by atoms with E-state index < -0.39 is 10.0 Å². The summed E-state index contributed by atoms with van der Waals surface area (Å²) in [4.78, 5) is 20.7. The van der Waals surface area contributed by atoms with E-state index in [9.17, 15) is 13.2 Å². The second-order valence-corrected chi connectivity index (χ2v) is 8.17. The van der Waals surface area contributed by atoms with Crippen LogP contribution in [0, 0.1) is 0 Å². The van der Waals surface area contributed by atoms with Crippen LogP contribution in [0.5, 0.6) is 5.75 Å². The van der Waals surface area contributed by atoms with Gasteiger partial charge in [-0.25, -0.2) is 18.1 Å². The number of aromatic amines is 1. The fourth-order valence-corrected chi connectivity index (χ4v) is 4.96. The summed E-state index contributed by atoms with van der Waals surface area (Å²) in [7, 11) is -3.71. The Balaban J connectivity index is 1.54. The highest BCUT2D eigenvalue weighted by Gasteiger charge is 2.30. The third-order valence-corrected chi connectivity index (χ3v) is 6.24. The number of hydrogen-bond donors (Lipinski definition) is 2. The lowest BCUT2D eigenvalue weighted by atomic mass is 10.1. The van der Waals surface area contributed by atoms with E-state index in [-0.39, 0.29) is 16.5 Å². The summed E-state index contributed by atoms with van der Waals surface area (Å²) >= 11 is 0. The van der Waals surface area contributed by atoms with Crippen molar-refractivity contribution in [3.63, 3.8) is 0 Å². The monoisotopic (exact) mass is 376 g/mol. The standard InChI is InChI=1S/C17H20N4O4S/c22-17-16(18-7-8-19-17)21-9-2-4-13(11-21)20-26(23,24)14-5-1-3-12-6-10-25-15(12)14/h1,3,5,7-8,13,20H,2,4,6,9-11H2,(H,19,22). The van der Waals surface area contributed by atoms with Crippen molar-refractivity contribution in [2.24, 2.45) is 0 Å². The smallest absolute Gasteiger partial charge is 0.290 e. The van der Waals surface area contributed by atoms with Crippen LogP contribution in [-0.4, -0.2) is 44.1 Å². The van der Waals surface area contributed by atoms with Gasteiger partial charge >= 0.3 is 0 Å². The van der Waals surface area contributed by atoms with Crippen molar-refractivity contribution in [2.45, 2.75) is 30.2 Å². The normalized spacial score (nSPS) is 19.8. The zero-order valence-electron chi connectivity index (χ0n) is 14.1. The van der Waals surface area contributed by atoms with Crippen LogP contribution < -0.4 is 19.9 Å². The fourth-order valence-electron chi connectivity index (χ4n) is 3.51. The highest BCUT2D eigenvalue weighted by atomic mass is 32.2. The van der Waals surface area contributed by atoms with E-state index in [1.807, 2.05) is 11.0 Å². The SMILES string of the molecule is O=c1[nH]ccnc1N1CCCC(NS(=O)(=O)c2cccc3c2OCC3)C1. The van der Waals surface area contributed by atoms with Gasteiger partial charge in [0.05, 0.1) is 6.61 Å². The zero-order chi connectivity index (χ0) is 18.1. The molecule has 0 amide bonds. The Labute approximate surface area is 151 Å². The molecule has 1 aromatic heterocycles. The molecule has 0 spiro atoms. The number of rotatable bonds is 4. The predicted octanol–water partition coefficient (Wildman–Crippen LogP) is 0.652. The van der Waals surface area contributed by atoms with Crippen LogP contribution in [-0.2, 0) is 16.4 Å². The predicted molar refractivity (Wildman–Crippen MR) is 96.1 cm³/mol. The maximum absolute atomic E-state index is 12.9. The number of anilines is 1. The highest BCUT2D eigenvalue weighted by Crippen LogP contribution is 2.32. The fraction of sp³-hybridized carbons (Fsp3) is 0.412. The molecule has 2 N–H and O–H groups in total. The minimum Gasteiger partial charge on any atom is -0.492 e. The number of hydrogen-bond acceptors (Lipinski definition) is 6. The van der Waals surface area contributed by atoms with Crippen LogP contribution in [0.25, 0.3) is 0 Å². The Kier molecular flexibility index (Phi) is 4.41. The summed E-state index contributed by atoms with van der Waals surface area (Å²) in [6, 6.07) is 4.89. The lowest BCUT2D eigenvalue weighted by molar-refractivity contribution is 0.348. The molecule has 9 heteroatoms. The van der Waals surface area contributed by atoms with Crippen molar-refractivity contribution < 1.29 is 13.2 Å². The number of nitrogens with one attached hydrogen (secondary N) is 2. The van der Waals surface area contributed by atoms with E-state index in [2.05, 4.69) is 14.7 Å². The average Bonchev–Trinajstić information content (AvgIpc) is 3.10. The number of H-pyrrole nitrogens is 1. The topological polar surface area (TPSA) is 104 Å². The Morgan fingerprint density at radius 1 is 1.35 bits per heavy atom. The summed E-state index contributed by atoms with van der Waals surface area (Å²) in [5, 5.41) is 0. The van der Waals surface area contributed by atoms with E-state index in [0.29, 0.717) is 37.7 Å². The molecule has 4 rings (SSSR count). The molecular formula is C17H20N4O4S. The molecule has 0 bridgehead atoms. The van der Waals surface area contributed by atoms with Crippen LogP contribution in [0.2, 0.25) is 0 Å². The Hall–Kier alpha value is -2.39. The third-order valence-electron chi connectivity index (χ3n) is 4.70. The highest BCUT2D eigenvalue weighted by molar-refractivity contribution is 7.89. The number of para-hydroxylation sites is 1. The minimum absolute atomic E-state index is 0.181. The van der Waals surface area contributed by atoms with Gasteiger partial charge in [0.1, 0.15) is 10.6 Å². The van der Waals surface area contributed by atoms with Gasteiger partial charge in [0.25, 0.3) is 5.56 Å². The van der Waals surface area contributed by atoms with Crippen LogP contribution in [0.4, 0.5) is 5.82 Å². The van der Waals surface area contributed by atoms with Crippen molar-refractivity contribution in [3.05, 3.63) is 46.5 Å². The molecule has 1 atom stereocenters. The molecule has 0 saturated carbocycles. The number of sulfonamides is 1. The van der Waals surface area contributed by atoms with Gasteiger partial charge in [-0.15, -0.1) is 0 Å². The number of piperidine rings is 1. The summed E-state index contributed by atoms with van der Waals surface area (Å²) in [6.45, 7) is 1.57. The summed E-state index contributed by atoms with van der Waals surface area (Å²) in [6.07, 6.45) is 5.20. The van der Waals surface area contributed by atoms with Gasteiger partial charge in [-0.2, -0.15) is 0 Å². The molecule has 1 aromatic carbocycles. The second-order valence-electron chi connectivity index (χ2n) is 6.49. The number of benzene rings is 1. The van der Waals surface area contributed by atoms with Crippen molar-refractivity contribution >= 4 is 15.8 Å². The number of ether oxygens (including phenoxy) is 1. The van der Waals surface area contributed by atoms with Gasteiger partial charge in [-0.1, -0.05) is 12.1 Å². The summed E-state index contributed by atoms with van der Waals surface area (Å²) < 4.78 is 34.1. The van der Waals surface area contributed by atoms with Crippen LogP contribution >= 0.6 is 0 Å². The van der Waals surface area contributed by atoms with E-state index in [4.69, 9.17) is 4.74 Å². The van der Waals surface area contributed by atoms with Crippen LogP contribution in [0.15, 0.2) is 40.3 Å². The van der Waals surface area contributed by atoms with E-state index >= 15 is 0 Å². The van der Waals surface area contributed by atoms with Gasteiger partial charge in [0.2, 0.25) is 10.0 Å². The van der Waals surface area contributed by atoms with Gasteiger partial charge in [-0.05, 0) is 24.5 Å². The van der Waals surface area contributed by atoms with E-state index in [0.717, 1.165) is 18.4 Å². The number of fused-ring (bicyclic) bond motifs is 1. The second kappa shape index (κ2) is 6.73. The van der Waals surface area contributed by atoms with Crippen molar-refractivity contribution in [1.82, 2.24) is 14.7 Å². The molecule has 0 radical (unpaired) electrons. The largest absolute Gasteiger partial charge is 0.492 e. The van der Waals surface area contributed by atoms with Crippen molar-refractivity contribution in [2.75, 3.05) is 24.6 Å². The lowest BCUT2D eigenvalue weighted by Gasteiger charge is -2.33. The third kappa shape index (κ3) is 3.19. The van der Waals surface area contributed by atoms with Gasteiger partial charge in [0.15, 0.2) is 5.82 Å². The zero-order valence-corrected chi connectivity index (χ0v) is 15.0. The molecule has 0 aliphatic carbocycles. The molecule has 1 fully saturated rings. The Morgan fingerprint density at radius 3 is 3.08 bits per heavy atom. The van der Waals surface area contributed by atoms with Gasteiger partial charge < -0.3 is 14.6 Å². The molecule has 2 aliphatic heterocycles. The maximum Gasteiger partial charge on any atom is 0.290 e. The molecule has 3 heterocycles. The number of nitrogens with zero attached hydrogens (tertiary/aromatic N) is 2. The van der Waals surface area contributed by atoms with Crippen LogP contribution in [0.1, 0.15) is 18.4 Å². The van der Waals surface area contributed by atoms with Gasteiger partial charge in [-0.3, -0.25) is 4.79 Å². The molecule has 8 nitrogen and oxygen atoms in total. The average molecular weight is 376 g/mol. The lowest BCUT2D eigenvalue weighted by Crippen LogP contribution is -2.49. The summed E-state index contributed by atoms with van der Waals surface area (Å²) in [5.41, 5.74) is 0.642. The molecule has 2 aromatic rings. The Bertz CT molecular complexity index is 973. The van der Waals surface area contributed by atoms with E-state index in [1.165, 1.54) is 12.4 Å². The quantitative estimate of drug-likeness (QED) is 0.812. The molecule has 138 valence electrons. The first kappa shape index (κ1) is 17.0. The molecule has 1 saturated heterocycles. The first-order valence-electron chi connectivity index (χ1n) is 8.60.